The molecule has 0 aromatic heterocycles. The third-order valence-corrected chi connectivity index (χ3v) is 3.49. The molecule has 1 aromatic carbocycles. The molecule has 16 heavy (non-hydrogen) atoms. The predicted octanol–water partition coefficient (Wildman–Crippen LogP) is 4.00. The number of benzene rings is 1. The first-order valence-corrected chi connectivity index (χ1v) is 6.32. The topological polar surface area (TPSA) is 12.0 Å². The number of hydrogen-bond acceptors (Lipinski definition) is 1. The number of nitrogens with one attached hydrogen (secondary N) is 1. The summed E-state index contributed by atoms with van der Waals surface area (Å²) >= 11 is 0. The van der Waals surface area contributed by atoms with Gasteiger partial charge in [0.2, 0.25) is 0 Å². The van der Waals surface area contributed by atoms with E-state index in [-0.39, 0.29) is 0 Å². The van der Waals surface area contributed by atoms with Gasteiger partial charge in [-0.25, -0.2) is 0 Å². The van der Waals surface area contributed by atoms with E-state index in [1.165, 1.54) is 29.5 Å². The molecule has 1 N–H and O–H groups in total. The van der Waals surface area contributed by atoms with E-state index < -0.39 is 0 Å². The van der Waals surface area contributed by atoms with Crippen LogP contribution < -0.4 is 5.32 Å². The first kappa shape index (κ1) is 13.2. The standard InChI is InChI=1S/C15H25N/c1-6-11(2)10-15(16-5)14-9-12(3)7-8-13(14)4/h7-9,11,15-16H,6,10H2,1-5H3. The minimum absolute atomic E-state index is 0.495. The zero-order valence-electron chi connectivity index (χ0n) is 11.3. The minimum Gasteiger partial charge on any atom is -0.313 e. The monoisotopic (exact) mass is 219 g/mol. The normalized spacial score (nSPS) is 14.8. The van der Waals surface area contributed by atoms with Gasteiger partial charge >= 0.3 is 0 Å². The molecule has 0 fully saturated rings. The second-order valence-electron chi connectivity index (χ2n) is 4.95. The van der Waals surface area contributed by atoms with Crippen LogP contribution in [0.25, 0.3) is 0 Å². The van der Waals surface area contributed by atoms with E-state index in [4.69, 9.17) is 0 Å². The first-order valence-electron chi connectivity index (χ1n) is 6.32. The summed E-state index contributed by atoms with van der Waals surface area (Å²) in [6, 6.07) is 7.23. The molecule has 2 atom stereocenters. The molecule has 0 amide bonds. The Morgan fingerprint density at radius 2 is 1.94 bits per heavy atom. The maximum absolute atomic E-state index is 3.45. The fourth-order valence-electron chi connectivity index (χ4n) is 2.10. The summed E-state index contributed by atoms with van der Waals surface area (Å²) in [4.78, 5) is 0. The van der Waals surface area contributed by atoms with Gasteiger partial charge in [0.15, 0.2) is 0 Å². The molecule has 0 spiro atoms. The zero-order valence-corrected chi connectivity index (χ0v) is 11.3. The van der Waals surface area contributed by atoms with Crippen molar-refractivity contribution in [3.8, 4) is 0 Å². The molecule has 2 unspecified atom stereocenters. The Hall–Kier alpha value is -0.820. The Morgan fingerprint density at radius 3 is 2.50 bits per heavy atom. The molecule has 0 aliphatic rings. The van der Waals surface area contributed by atoms with Gasteiger partial charge in [-0.2, -0.15) is 0 Å². The zero-order chi connectivity index (χ0) is 12.1. The SMILES string of the molecule is CCC(C)CC(NC)c1cc(C)ccc1C. The van der Waals surface area contributed by atoms with Crippen LogP contribution in [0.15, 0.2) is 18.2 Å². The van der Waals surface area contributed by atoms with Crippen LogP contribution in [0, 0.1) is 19.8 Å². The molecule has 0 aliphatic carbocycles. The van der Waals surface area contributed by atoms with Crippen LogP contribution >= 0.6 is 0 Å². The van der Waals surface area contributed by atoms with Gasteiger partial charge in [0.05, 0.1) is 0 Å². The van der Waals surface area contributed by atoms with Crippen molar-refractivity contribution in [1.29, 1.82) is 0 Å². The molecule has 1 rings (SSSR count). The molecule has 0 aliphatic heterocycles. The molecule has 0 saturated heterocycles. The summed E-state index contributed by atoms with van der Waals surface area (Å²) in [6.45, 7) is 8.96. The maximum Gasteiger partial charge on any atom is 0.0322 e. The van der Waals surface area contributed by atoms with Gasteiger partial charge in [-0.3, -0.25) is 0 Å². The highest BCUT2D eigenvalue weighted by Gasteiger charge is 2.14. The summed E-state index contributed by atoms with van der Waals surface area (Å²) in [7, 11) is 2.06. The second kappa shape index (κ2) is 6.05. The highest BCUT2D eigenvalue weighted by molar-refractivity contribution is 5.33. The lowest BCUT2D eigenvalue weighted by Crippen LogP contribution is -2.20. The second-order valence-corrected chi connectivity index (χ2v) is 4.95. The highest BCUT2D eigenvalue weighted by atomic mass is 14.9. The predicted molar refractivity (Wildman–Crippen MR) is 71.8 cm³/mol. The van der Waals surface area contributed by atoms with Crippen molar-refractivity contribution >= 4 is 0 Å². The van der Waals surface area contributed by atoms with Crippen LogP contribution in [0.2, 0.25) is 0 Å². The van der Waals surface area contributed by atoms with Crippen LogP contribution in [-0.2, 0) is 0 Å². The van der Waals surface area contributed by atoms with Crippen LogP contribution in [-0.4, -0.2) is 7.05 Å². The van der Waals surface area contributed by atoms with Gasteiger partial charge in [0, 0.05) is 6.04 Å². The lowest BCUT2D eigenvalue weighted by Gasteiger charge is -2.22. The smallest absolute Gasteiger partial charge is 0.0322 e. The lowest BCUT2D eigenvalue weighted by molar-refractivity contribution is 0.421. The van der Waals surface area contributed by atoms with E-state index in [2.05, 4.69) is 58.3 Å². The average molecular weight is 219 g/mol. The third kappa shape index (κ3) is 3.34. The molecule has 0 radical (unpaired) electrons. The van der Waals surface area contributed by atoms with Crippen molar-refractivity contribution in [3.05, 3.63) is 34.9 Å². The van der Waals surface area contributed by atoms with Crippen LogP contribution in [0.4, 0.5) is 0 Å². The van der Waals surface area contributed by atoms with Crippen molar-refractivity contribution in [1.82, 2.24) is 5.32 Å². The van der Waals surface area contributed by atoms with E-state index >= 15 is 0 Å². The van der Waals surface area contributed by atoms with E-state index in [1.54, 1.807) is 0 Å². The Kier molecular flexibility index (Phi) is 5.01. The summed E-state index contributed by atoms with van der Waals surface area (Å²) < 4.78 is 0. The van der Waals surface area contributed by atoms with Crippen molar-refractivity contribution < 1.29 is 0 Å². The summed E-state index contributed by atoms with van der Waals surface area (Å²) in [6.07, 6.45) is 2.47. The van der Waals surface area contributed by atoms with E-state index in [0.29, 0.717) is 6.04 Å². The molecule has 1 heteroatoms. The molecule has 0 heterocycles. The molecular formula is C15H25N. The average Bonchev–Trinajstić information content (AvgIpc) is 2.29. The molecular weight excluding hydrogens is 194 g/mol. The maximum atomic E-state index is 3.45. The molecule has 90 valence electrons. The van der Waals surface area contributed by atoms with Gasteiger partial charge in [0.1, 0.15) is 0 Å². The van der Waals surface area contributed by atoms with Crippen LogP contribution in [0.3, 0.4) is 0 Å². The summed E-state index contributed by atoms with van der Waals surface area (Å²) in [5.74, 6) is 0.775. The number of rotatable bonds is 5. The van der Waals surface area contributed by atoms with E-state index in [9.17, 15) is 0 Å². The van der Waals surface area contributed by atoms with Gasteiger partial charge < -0.3 is 5.32 Å². The third-order valence-electron chi connectivity index (χ3n) is 3.49. The molecule has 1 nitrogen and oxygen atoms in total. The Morgan fingerprint density at radius 1 is 1.25 bits per heavy atom. The number of hydrogen-bond donors (Lipinski definition) is 1. The summed E-state index contributed by atoms with van der Waals surface area (Å²) in [5.41, 5.74) is 4.21. The molecule has 0 bridgehead atoms. The number of aryl methyl sites for hydroxylation is 2. The molecule has 1 aromatic rings. The van der Waals surface area contributed by atoms with Crippen molar-refractivity contribution in [2.75, 3.05) is 7.05 Å². The quantitative estimate of drug-likeness (QED) is 0.789. The van der Waals surface area contributed by atoms with E-state index in [0.717, 1.165) is 5.92 Å². The van der Waals surface area contributed by atoms with Crippen LogP contribution in [0.5, 0.6) is 0 Å². The highest BCUT2D eigenvalue weighted by Crippen LogP contribution is 2.25. The summed E-state index contributed by atoms with van der Waals surface area (Å²) in [5, 5.41) is 3.45. The van der Waals surface area contributed by atoms with Crippen molar-refractivity contribution in [2.24, 2.45) is 5.92 Å². The Labute approximate surface area is 100 Å². The lowest BCUT2D eigenvalue weighted by atomic mass is 9.91. The van der Waals surface area contributed by atoms with Gasteiger partial charge in [0.25, 0.3) is 0 Å². The van der Waals surface area contributed by atoms with Gasteiger partial charge in [-0.15, -0.1) is 0 Å². The van der Waals surface area contributed by atoms with Crippen molar-refractivity contribution in [2.45, 2.75) is 46.6 Å². The van der Waals surface area contributed by atoms with Gasteiger partial charge in [-0.1, -0.05) is 44.0 Å². The largest absolute Gasteiger partial charge is 0.313 e. The van der Waals surface area contributed by atoms with E-state index in [1.807, 2.05) is 0 Å². The fraction of sp³-hybridized carbons (Fsp3) is 0.600. The fourth-order valence-corrected chi connectivity index (χ4v) is 2.10. The van der Waals surface area contributed by atoms with Crippen molar-refractivity contribution in [3.63, 3.8) is 0 Å². The minimum atomic E-state index is 0.495. The Balaban J connectivity index is 2.89. The van der Waals surface area contributed by atoms with Gasteiger partial charge in [-0.05, 0) is 44.4 Å². The first-order chi connectivity index (χ1) is 7.58. The molecule has 0 saturated carbocycles. The Bertz CT molecular complexity index is 330. The van der Waals surface area contributed by atoms with Crippen LogP contribution in [0.1, 0.15) is 49.4 Å².